The van der Waals surface area contributed by atoms with Crippen molar-refractivity contribution in [1.82, 2.24) is 4.57 Å². The van der Waals surface area contributed by atoms with Gasteiger partial charge in [-0.2, -0.15) is 5.26 Å². The third-order valence-corrected chi connectivity index (χ3v) is 3.92. The van der Waals surface area contributed by atoms with Crippen LogP contribution in [0.25, 0.3) is 17.3 Å². The van der Waals surface area contributed by atoms with Crippen molar-refractivity contribution in [1.29, 1.82) is 5.26 Å². The Morgan fingerprint density at radius 3 is 2.42 bits per heavy atom. The van der Waals surface area contributed by atoms with Crippen molar-refractivity contribution in [2.75, 3.05) is 7.11 Å². The first kappa shape index (κ1) is 15.9. The van der Waals surface area contributed by atoms with Crippen LogP contribution in [-0.4, -0.2) is 11.7 Å². The maximum Gasteiger partial charge on any atom is 0.119 e. The molecule has 0 saturated heterocycles. The summed E-state index contributed by atoms with van der Waals surface area (Å²) in [7, 11) is 1.65. The number of nitriles is 1. The van der Waals surface area contributed by atoms with Crippen LogP contribution in [0.4, 0.5) is 0 Å². The summed E-state index contributed by atoms with van der Waals surface area (Å²) in [5, 5.41) is 10.1. The van der Waals surface area contributed by atoms with Crippen molar-refractivity contribution in [2.24, 2.45) is 0 Å². The minimum atomic E-state index is 0.596. The molecule has 0 atom stereocenters. The van der Waals surface area contributed by atoms with Gasteiger partial charge in [-0.25, -0.2) is 0 Å². The van der Waals surface area contributed by atoms with E-state index in [0.717, 1.165) is 22.6 Å². The minimum absolute atomic E-state index is 0.596. The van der Waals surface area contributed by atoms with Crippen LogP contribution in [0, 0.1) is 11.3 Å². The fraction of sp³-hybridized carbons (Fsp3) is 0.0500. The van der Waals surface area contributed by atoms with Crippen molar-refractivity contribution in [3.05, 3.63) is 83.1 Å². The molecule has 0 saturated carbocycles. The van der Waals surface area contributed by atoms with Gasteiger partial charge in [-0.05, 0) is 59.7 Å². The molecular formula is C20H15ClN2O. The first-order valence-electron chi connectivity index (χ1n) is 7.40. The lowest BCUT2D eigenvalue weighted by molar-refractivity contribution is 0.415. The van der Waals surface area contributed by atoms with E-state index in [2.05, 4.69) is 6.07 Å². The molecule has 0 spiro atoms. The van der Waals surface area contributed by atoms with E-state index in [-0.39, 0.29) is 0 Å². The van der Waals surface area contributed by atoms with Gasteiger partial charge in [0.1, 0.15) is 5.75 Å². The molecule has 1 heterocycles. The number of rotatable bonds is 4. The van der Waals surface area contributed by atoms with Gasteiger partial charge in [-0.15, -0.1) is 0 Å². The molecule has 24 heavy (non-hydrogen) atoms. The second kappa shape index (κ2) is 7.08. The summed E-state index contributed by atoms with van der Waals surface area (Å²) < 4.78 is 7.17. The zero-order valence-electron chi connectivity index (χ0n) is 13.1. The molecule has 3 rings (SSSR count). The Kier molecular flexibility index (Phi) is 4.69. The minimum Gasteiger partial charge on any atom is -0.497 e. The molecular weight excluding hydrogens is 320 g/mol. The highest BCUT2D eigenvalue weighted by Crippen LogP contribution is 2.21. The van der Waals surface area contributed by atoms with E-state index in [4.69, 9.17) is 16.3 Å². The van der Waals surface area contributed by atoms with Crippen molar-refractivity contribution in [2.45, 2.75) is 0 Å². The van der Waals surface area contributed by atoms with Crippen LogP contribution in [0.3, 0.4) is 0 Å². The first-order valence-corrected chi connectivity index (χ1v) is 7.77. The summed E-state index contributed by atoms with van der Waals surface area (Å²) in [4.78, 5) is 0. The lowest BCUT2D eigenvalue weighted by Gasteiger charge is -2.04. The number of ether oxygens (including phenoxy) is 1. The standard InChI is InChI=1S/C20H15ClN2O/c1-24-20-8-6-19(7-9-20)23-11-10-15(14-23)12-17(13-22)16-2-4-18(21)5-3-16/h2-12,14H,1H3/b17-12+. The highest BCUT2D eigenvalue weighted by Gasteiger charge is 2.03. The molecule has 0 amide bonds. The van der Waals surface area contributed by atoms with Crippen molar-refractivity contribution in [3.8, 4) is 17.5 Å². The number of allylic oxidation sites excluding steroid dienone is 1. The highest BCUT2D eigenvalue weighted by molar-refractivity contribution is 6.30. The second-order valence-corrected chi connectivity index (χ2v) is 5.66. The topological polar surface area (TPSA) is 38.0 Å². The molecule has 0 unspecified atom stereocenters. The van der Waals surface area contributed by atoms with Crippen LogP contribution in [0.5, 0.6) is 5.75 Å². The van der Waals surface area contributed by atoms with Gasteiger partial charge in [0, 0.05) is 23.1 Å². The summed E-state index contributed by atoms with van der Waals surface area (Å²) in [6.07, 6.45) is 5.81. The highest BCUT2D eigenvalue weighted by atomic mass is 35.5. The van der Waals surface area contributed by atoms with Gasteiger partial charge in [-0.1, -0.05) is 23.7 Å². The van der Waals surface area contributed by atoms with E-state index in [0.29, 0.717) is 10.6 Å². The van der Waals surface area contributed by atoms with E-state index in [1.807, 2.05) is 65.5 Å². The zero-order chi connectivity index (χ0) is 16.9. The molecule has 118 valence electrons. The fourth-order valence-corrected chi connectivity index (χ4v) is 2.52. The van der Waals surface area contributed by atoms with Gasteiger partial charge in [0.05, 0.1) is 18.8 Å². The number of methoxy groups -OCH3 is 1. The molecule has 0 bridgehead atoms. The van der Waals surface area contributed by atoms with Crippen LogP contribution in [0.15, 0.2) is 67.0 Å². The molecule has 0 aliphatic carbocycles. The molecule has 0 N–H and O–H groups in total. The Labute approximate surface area is 146 Å². The molecule has 0 aliphatic rings. The summed E-state index contributed by atoms with van der Waals surface area (Å²) in [5.41, 5.74) is 3.43. The largest absolute Gasteiger partial charge is 0.497 e. The first-order chi connectivity index (χ1) is 11.7. The summed E-state index contributed by atoms with van der Waals surface area (Å²) in [6, 6.07) is 19.3. The predicted octanol–water partition coefficient (Wildman–Crippen LogP) is 5.20. The smallest absolute Gasteiger partial charge is 0.119 e. The van der Waals surface area contributed by atoms with Gasteiger partial charge in [-0.3, -0.25) is 0 Å². The number of halogens is 1. The molecule has 3 nitrogen and oxygen atoms in total. The van der Waals surface area contributed by atoms with Gasteiger partial charge >= 0.3 is 0 Å². The monoisotopic (exact) mass is 334 g/mol. The summed E-state index contributed by atoms with van der Waals surface area (Å²) in [5.74, 6) is 0.820. The second-order valence-electron chi connectivity index (χ2n) is 5.23. The molecule has 0 aliphatic heterocycles. The molecule has 0 radical (unpaired) electrons. The van der Waals surface area contributed by atoms with E-state index in [9.17, 15) is 5.26 Å². The number of nitrogens with zero attached hydrogens (tertiary/aromatic N) is 2. The van der Waals surface area contributed by atoms with Crippen LogP contribution in [0.2, 0.25) is 5.02 Å². The van der Waals surface area contributed by atoms with E-state index in [1.54, 1.807) is 19.2 Å². The third-order valence-electron chi connectivity index (χ3n) is 3.67. The molecule has 3 aromatic rings. The number of aromatic nitrogens is 1. The lowest BCUT2D eigenvalue weighted by Crippen LogP contribution is -1.90. The van der Waals surface area contributed by atoms with Gasteiger partial charge in [0.2, 0.25) is 0 Å². The van der Waals surface area contributed by atoms with Gasteiger partial charge in [0.15, 0.2) is 0 Å². The van der Waals surface area contributed by atoms with Crippen LogP contribution in [-0.2, 0) is 0 Å². The number of benzene rings is 2. The van der Waals surface area contributed by atoms with Crippen LogP contribution < -0.4 is 4.74 Å². The van der Waals surface area contributed by atoms with Crippen LogP contribution in [0.1, 0.15) is 11.1 Å². The van der Waals surface area contributed by atoms with Crippen molar-refractivity contribution < 1.29 is 4.74 Å². The zero-order valence-corrected chi connectivity index (χ0v) is 13.9. The molecule has 2 aromatic carbocycles. The summed E-state index contributed by atoms with van der Waals surface area (Å²) >= 11 is 5.90. The molecule has 4 heteroatoms. The van der Waals surface area contributed by atoms with Gasteiger partial charge < -0.3 is 9.30 Å². The van der Waals surface area contributed by atoms with E-state index in [1.165, 1.54) is 0 Å². The van der Waals surface area contributed by atoms with Gasteiger partial charge in [0.25, 0.3) is 0 Å². The Hall–Kier alpha value is -2.96. The maximum atomic E-state index is 9.42. The van der Waals surface area contributed by atoms with Crippen molar-refractivity contribution >= 4 is 23.3 Å². The number of hydrogen-bond donors (Lipinski definition) is 0. The Bertz CT molecular complexity index is 900. The SMILES string of the molecule is COc1ccc(-n2ccc(/C=C(\C#N)c3ccc(Cl)cc3)c2)cc1. The Balaban J connectivity index is 1.88. The van der Waals surface area contributed by atoms with Crippen LogP contribution >= 0.6 is 11.6 Å². The average molecular weight is 335 g/mol. The fourth-order valence-electron chi connectivity index (χ4n) is 2.39. The molecule has 1 aromatic heterocycles. The Morgan fingerprint density at radius 1 is 1.08 bits per heavy atom. The maximum absolute atomic E-state index is 9.42. The lowest BCUT2D eigenvalue weighted by atomic mass is 10.1. The number of hydrogen-bond acceptors (Lipinski definition) is 2. The molecule has 0 fully saturated rings. The quantitative estimate of drug-likeness (QED) is 0.615. The van der Waals surface area contributed by atoms with Crippen molar-refractivity contribution in [3.63, 3.8) is 0 Å². The van der Waals surface area contributed by atoms with E-state index >= 15 is 0 Å². The Morgan fingerprint density at radius 2 is 1.79 bits per heavy atom. The van der Waals surface area contributed by atoms with E-state index < -0.39 is 0 Å². The summed E-state index contributed by atoms with van der Waals surface area (Å²) in [6.45, 7) is 0. The average Bonchev–Trinajstić information content (AvgIpc) is 3.09. The third kappa shape index (κ3) is 3.51. The predicted molar refractivity (Wildman–Crippen MR) is 97.3 cm³/mol. The normalized spacial score (nSPS) is 11.1.